The molecule has 1 atom stereocenters. The van der Waals surface area contributed by atoms with E-state index >= 15 is 0 Å². The molecule has 25 heavy (non-hydrogen) atoms. The summed E-state index contributed by atoms with van der Waals surface area (Å²) in [6, 6.07) is 0.520. The molecule has 0 spiro atoms. The highest BCUT2D eigenvalue weighted by Gasteiger charge is 2.29. The maximum absolute atomic E-state index is 12.4. The summed E-state index contributed by atoms with van der Waals surface area (Å²) >= 11 is 0. The number of rotatable bonds is 5. The molecule has 140 valence electrons. The van der Waals surface area contributed by atoms with E-state index in [9.17, 15) is 13.2 Å². The topological polar surface area (TPSA) is 96.6 Å². The van der Waals surface area contributed by atoms with Crippen LogP contribution in [0.4, 0.5) is 6.01 Å². The summed E-state index contributed by atoms with van der Waals surface area (Å²) in [7, 11) is -2.87. The van der Waals surface area contributed by atoms with Gasteiger partial charge in [-0.1, -0.05) is 18.9 Å². The Labute approximate surface area is 148 Å². The second-order valence-electron chi connectivity index (χ2n) is 7.25. The molecule has 0 saturated carbocycles. The van der Waals surface area contributed by atoms with Crippen LogP contribution in [-0.2, 0) is 14.6 Å². The molecule has 1 aromatic heterocycles. The lowest BCUT2D eigenvalue weighted by molar-refractivity contribution is -0.131. The Morgan fingerprint density at radius 2 is 1.96 bits per heavy atom. The standard InChI is InChI=1S/C16H26N4O4S/c1-12(2)15-17-18-16(24-15)20-8-6-19(7-9-20)14(21)4-3-13-5-10-25(22,23)11-13/h12-13H,3-11H2,1-2H3. The van der Waals surface area contributed by atoms with Crippen LogP contribution >= 0.6 is 0 Å². The molecule has 2 saturated heterocycles. The number of amides is 1. The molecule has 8 nitrogen and oxygen atoms in total. The monoisotopic (exact) mass is 370 g/mol. The third-order valence-electron chi connectivity index (χ3n) is 4.92. The largest absolute Gasteiger partial charge is 0.408 e. The summed E-state index contributed by atoms with van der Waals surface area (Å²) in [6.45, 7) is 6.60. The first-order valence-corrected chi connectivity index (χ1v) is 10.7. The van der Waals surface area contributed by atoms with E-state index in [1.165, 1.54) is 0 Å². The normalized spacial score (nSPS) is 23.4. The lowest BCUT2D eigenvalue weighted by Gasteiger charge is -2.33. The molecule has 0 bridgehead atoms. The molecule has 1 aromatic rings. The summed E-state index contributed by atoms with van der Waals surface area (Å²) < 4.78 is 28.6. The fourth-order valence-electron chi connectivity index (χ4n) is 3.32. The highest BCUT2D eigenvalue weighted by atomic mass is 32.2. The van der Waals surface area contributed by atoms with Gasteiger partial charge in [0.25, 0.3) is 0 Å². The number of anilines is 1. The lowest BCUT2D eigenvalue weighted by atomic mass is 10.0. The zero-order valence-electron chi connectivity index (χ0n) is 14.8. The molecule has 9 heteroatoms. The van der Waals surface area contributed by atoms with Crippen molar-refractivity contribution in [3.8, 4) is 0 Å². The van der Waals surface area contributed by atoms with Crippen molar-refractivity contribution in [3.63, 3.8) is 0 Å². The summed E-state index contributed by atoms with van der Waals surface area (Å²) in [5.41, 5.74) is 0. The fourth-order valence-corrected chi connectivity index (χ4v) is 5.23. The molecule has 1 amide bonds. The number of carbonyl (C=O) groups excluding carboxylic acids is 1. The van der Waals surface area contributed by atoms with Crippen molar-refractivity contribution in [2.75, 3.05) is 42.6 Å². The molecule has 2 aliphatic heterocycles. The van der Waals surface area contributed by atoms with Gasteiger partial charge in [0.2, 0.25) is 11.8 Å². The van der Waals surface area contributed by atoms with Crippen molar-refractivity contribution in [1.82, 2.24) is 15.1 Å². The molecule has 2 fully saturated rings. The average molecular weight is 370 g/mol. The zero-order chi connectivity index (χ0) is 18.0. The fraction of sp³-hybridized carbons (Fsp3) is 0.812. The molecule has 2 aliphatic rings. The van der Waals surface area contributed by atoms with Gasteiger partial charge < -0.3 is 14.2 Å². The predicted molar refractivity (Wildman–Crippen MR) is 93.2 cm³/mol. The maximum atomic E-state index is 12.4. The first kappa shape index (κ1) is 18.2. The number of piperazine rings is 1. The van der Waals surface area contributed by atoms with E-state index in [1.54, 1.807) is 0 Å². The molecular formula is C16H26N4O4S. The minimum absolute atomic E-state index is 0.109. The van der Waals surface area contributed by atoms with Crippen molar-refractivity contribution in [1.29, 1.82) is 0 Å². The van der Waals surface area contributed by atoms with Gasteiger partial charge in [0.05, 0.1) is 11.5 Å². The third-order valence-corrected chi connectivity index (χ3v) is 6.76. The summed E-state index contributed by atoms with van der Waals surface area (Å²) in [5, 5.41) is 8.12. The van der Waals surface area contributed by atoms with Crippen molar-refractivity contribution in [2.24, 2.45) is 5.92 Å². The Balaban J connectivity index is 1.44. The summed E-state index contributed by atoms with van der Waals surface area (Å²) in [6.07, 6.45) is 1.79. The molecule has 3 heterocycles. The third kappa shape index (κ3) is 4.50. The molecule has 0 radical (unpaired) electrons. The summed E-state index contributed by atoms with van der Waals surface area (Å²) in [5.74, 6) is 1.58. The second-order valence-corrected chi connectivity index (χ2v) is 9.48. The van der Waals surface area contributed by atoms with Gasteiger partial charge in [-0.3, -0.25) is 4.79 Å². The Kier molecular flexibility index (Phi) is 5.31. The van der Waals surface area contributed by atoms with Crippen LogP contribution < -0.4 is 4.90 Å². The van der Waals surface area contributed by atoms with Gasteiger partial charge in [-0.05, 0) is 18.8 Å². The average Bonchev–Trinajstić information content (AvgIpc) is 3.19. The van der Waals surface area contributed by atoms with Gasteiger partial charge in [-0.25, -0.2) is 8.42 Å². The SMILES string of the molecule is CC(C)c1nnc(N2CCN(C(=O)CCC3CCS(=O)(=O)C3)CC2)o1. The van der Waals surface area contributed by atoms with Crippen molar-refractivity contribution in [3.05, 3.63) is 5.89 Å². The molecule has 0 aromatic carbocycles. The van der Waals surface area contributed by atoms with E-state index in [0.29, 0.717) is 57.3 Å². The Bertz CT molecular complexity index is 707. The van der Waals surface area contributed by atoms with E-state index in [0.717, 1.165) is 0 Å². The minimum Gasteiger partial charge on any atom is -0.408 e. The van der Waals surface area contributed by atoms with E-state index in [-0.39, 0.29) is 29.2 Å². The molecular weight excluding hydrogens is 344 g/mol. The highest BCUT2D eigenvalue weighted by Crippen LogP contribution is 2.24. The first-order valence-electron chi connectivity index (χ1n) is 8.90. The Morgan fingerprint density at radius 3 is 2.52 bits per heavy atom. The highest BCUT2D eigenvalue weighted by molar-refractivity contribution is 7.91. The number of sulfone groups is 1. The van der Waals surface area contributed by atoms with Crippen LogP contribution in [0.5, 0.6) is 0 Å². The number of hydrogen-bond acceptors (Lipinski definition) is 7. The quantitative estimate of drug-likeness (QED) is 0.764. The van der Waals surface area contributed by atoms with Crippen molar-refractivity contribution in [2.45, 2.75) is 39.0 Å². The van der Waals surface area contributed by atoms with E-state index in [2.05, 4.69) is 10.2 Å². The van der Waals surface area contributed by atoms with Crippen LogP contribution in [0.2, 0.25) is 0 Å². The first-order chi connectivity index (χ1) is 11.8. The van der Waals surface area contributed by atoms with Crippen molar-refractivity contribution < 1.29 is 17.6 Å². The number of hydrogen-bond donors (Lipinski definition) is 0. The van der Waals surface area contributed by atoms with Crippen LogP contribution in [-0.4, -0.2) is 67.1 Å². The van der Waals surface area contributed by atoms with E-state index in [4.69, 9.17) is 4.42 Å². The van der Waals surface area contributed by atoms with Gasteiger partial charge in [-0.15, -0.1) is 5.10 Å². The minimum atomic E-state index is -2.87. The molecule has 0 aliphatic carbocycles. The van der Waals surface area contributed by atoms with Gasteiger partial charge in [0, 0.05) is 38.5 Å². The number of nitrogens with zero attached hydrogens (tertiary/aromatic N) is 4. The van der Waals surface area contributed by atoms with Crippen molar-refractivity contribution >= 4 is 21.8 Å². The lowest BCUT2D eigenvalue weighted by Crippen LogP contribution is -2.49. The van der Waals surface area contributed by atoms with Crippen LogP contribution in [0, 0.1) is 5.92 Å². The van der Waals surface area contributed by atoms with Gasteiger partial charge >= 0.3 is 6.01 Å². The van der Waals surface area contributed by atoms with Crippen LogP contribution in [0.25, 0.3) is 0 Å². The van der Waals surface area contributed by atoms with Gasteiger partial charge in [-0.2, -0.15) is 0 Å². The summed E-state index contributed by atoms with van der Waals surface area (Å²) in [4.78, 5) is 16.2. The Morgan fingerprint density at radius 1 is 1.24 bits per heavy atom. The van der Waals surface area contributed by atoms with Gasteiger partial charge in [0.15, 0.2) is 9.84 Å². The molecule has 1 unspecified atom stereocenters. The maximum Gasteiger partial charge on any atom is 0.318 e. The van der Waals surface area contributed by atoms with Gasteiger partial charge in [0.1, 0.15) is 0 Å². The zero-order valence-corrected chi connectivity index (χ0v) is 15.7. The van der Waals surface area contributed by atoms with Crippen LogP contribution in [0.15, 0.2) is 4.42 Å². The second kappa shape index (κ2) is 7.31. The van der Waals surface area contributed by atoms with Crippen LogP contribution in [0.3, 0.4) is 0 Å². The molecule has 3 rings (SSSR count). The molecule has 0 N–H and O–H groups in total. The van der Waals surface area contributed by atoms with E-state index < -0.39 is 9.84 Å². The predicted octanol–water partition coefficient (Wildman–Crippen LogP) is 1.06. The number of aromatic nitrogens is 2. The number of carbonyl (C=O) groups is 1. The Hall–Kier alpha value is -1.64. The van der Waals surface area contributed by atoms with E-state index in [1.807, 2.05) is 23.6 Å². The smallest absolute Gasteiger partial charge is 0.318 e. The van der Waals surface area contributed by atoms with Crippen LogP contribution in [0.1, 0.15) is 44.9 Å².